The smallest absolute Gasteiger partial charge is 0.252 e. The van der Waals surface area contributed by atoms with Crippen LogP contribution in [0, 0.1) is 0 Å². The van der Waals surface area contributed by atoms with E-state index < -0.39 is 0 Å². The third-order valence-corrected chi connectivity index (χ3v) is 3.56. The number of aromatic nitrogens is 1. The Balaban J connectivity index is 1.94. The molecule has 5 nitrogen and oxygen atoms in total. The molecule has 2 aromatic rings. The maximum absolute atomic E-state index is 11.9. The second-order valence-electron chi connectivity index (χ2n) is 5.58. The van der Waals surface area contributed by atoms with Crippen LogP contribution in [0.5, 0.6) is 0 Å². The molecule has 0 fully saturated rings. The minimum absolute atomic E-state index is 0.238. The average molecular weight is 299 g/mol. The van der Waals surface area contributed by atoms with Gasteiger partial charge in [-0.2, -0.15) is 0 Å². The number of rotatable bonds is 5. The Labute approximate surface area is 129 Å². The Kier molecular flexibility index (Phi) is 5.12. The van der Waals surface area contributed by atoms with Crippen molar-refractivity contribution < 1.29 is 4.79 Å². The Morgan fingerprint density at radius 2 is 1.77 bits per heavy atom. The standard InChI is InChI=1S/C17H21N3O2/c1-11(2)12-3-5-13(6-4-12)15(18)10-20-17(22)14-7-8-16(21)19-9-14/h3-9,11,15H,10,18H2,1-2H3,(H,19,21)(H,20,22). The van der Waals surface area contributed by atoms with Gasteiger partial charge in [-0.1, -0.05) is 38.1 Å². The Morgan fingerprint density at radius 1 is 1.14 bits per heavy atom. The molecule has 1 unspecified atom stereocenters. The van der Waals surface area contributed by atoms with Crippen LogP contribution in [0.4, 0.5) is 0 Å². The fourth-order valence-corrected chi connectivity index (χ4v) is 2.10. The SMILES string of the molecule is CC(C)c1ccc(C(N)CNC(=O)c2ccc(=O)[nH]c2)cc1. The highest BCUT2D eigenvalue weighted by Crippen LogP contribution is 2.17. The summed E-state index contributed by atoms with van der Waals surface area (Å²) in [5.74, 6) is 0.218. The van der Waals surface area contributed by atoms with Gasteiger partial charge in [0.2, 0.25) is 5.56 Å². The van der Waals surface area contributed by atoms with E-state index in [-0.39, 0.29) is 17.5 Å². The first-order chi connectivity index (χ1) is 10.5. The number of H-pyrrole nitrogens is 1. The molecule has 0 bridgehead atoms. The van der Waals surface area contributed by atoms with Crippen LogP contribution < -0.4 is 16.6 Å². The van der Waals surface area contributed by atoms with Gasteiger partial charge in [-0.3, -0.25) is 9.59 Å². The lowest BCUT2D eigenvalue weighted by atomic mass is 9.99. The highest BCUT2D eigenvalue weighted by atomic mass is 16.1. The Bertz CT molecular complexity index is 669. The number of hydrogen-bond acceptors (Lipinski definition) is 3. The molecule has 0 spiro atoms. The normalized spacial score (nSPS) is 12.2. The number of pyridine rings is 1. The van der Waals surface area contributed by atoms with Crippen LogP contribution in [0.2, 0.25) is 0 Å². The maximum Gasteiger partial charge on any atom is 0.252 e. The molecule has 0 saturated carbocycles. The van der Waals surface area contributed by atoms with Gasteiger partial charge in [0.1, 0.15) is 0 Å². The number of nitrogens with two attached hydrogens (primary N) is 1. The van der Waals surface area contributed by atoms with Crippen LogP contribution in [0.25, 0.3) is 0 Å². The molecule has 1 amide bonds. The summed E-state index contributed by atoms with van der Waals surface area (Å²) < 4.78 is 0. The van der Waals surface area contributed by atoms with Crippen molar-refractivity contribution in [2.45, 2.75) is 25.8 Å². The average Bonchev–Trinajstić information content (AvgIpc) is 2.53. The van der Waals surface area contributed by atoms with Crippen LogP contribution >= 0.6 is 0 Å². The molecule has 1 heterocycles. The van der Waals surface area contributed by atoms with Crippen LogP contribution in [0.3, 0.4) is 0 Å². The molecule has 0 aliphatic rings. The molecule has 4 N–H and O–H groups in total. The molecule has 1 aromatic carbocycles. The van der Waals surface area contributed by atoms with Crippen molar-refractivity contribution >= 4 is 5.91 Å². The van der Waals surface area contributed by atoms with Crippen molar-refractivity contribution in [3.8, 4) is 0 Å². The molecule has 0 saturated heterocycles. The minimum atomic E-state index is -0.270. The van der Waals surface area contributed by atoms with Crippen LogP contribution in [0.15, 0.2) is 47.4 Å². The first kappa shape index (κ1) is 16.0. The molecule has 5 heteroatoms. The van der Waals surface area contributed by atoms with E-state index >= 15 is 0 Å². The largest absolute Gasteiger partial charge is 0.350 e. The number of carbonyl (C=O) groups is 1. The topological polar surface area (TPSA) is 88.0 Å². The Hall–Kier alpha value is -2.40. The monoisotopic (exact) mass is 299 g/mol. The molecule has 22 heavy (non-hydrogen) atoms. The summed E-state index contributed by atoms with van der Waals surface area (Å²) in [7, 11) is 0. The number of aromatic amines is 1. The highest BCUT2D eigenvalue weighted by molar-refractivity contribution is 5.93. The fraction of sp³-hybridized carbons (Fsp3) is 0.294. The predicted molar refractivity (Wildman–Crippen MR) is 86.9 cm³/mol. The van der Waals surface area contributed by atoms with Crippen LogP contribution in [-0.2, 0) is 0 Å². The van der Waals surface area contributed by atoms with E-state index in [4.69, 9.17) is 5.73 Å². The van der Waals surface area contributed by atoms with Gasteiger partial charge in [0.15, 0.2) is 0 Å². The first-order valence-corrected chi connectivity index (χ1v) is 7.29. The number of carbonyl (C=O) groups excluding carboxylic acids is 1. The van der Waals surface area contributed by atoms with E-state index in [9.17, 15) is 9.59 Å². The van der Waals surface area contributed by atoms with Crippen molar-refractivity contribution in [3.63, 3.8) is 0 Å². The molecule has 0 radical (unpaired) electrons. The minimum Gasteiger partial charge on any atom is -0.350 e. The molecule has 116 valence electrons. The third kappa shape index (κ3) is 4.05. The van der Waals surface area contributed by atoms with Gasteiger partial charge in [-0.25, -0.2) is 0 Å². The summed E-state index contributed by atoms with van der Waals surface area (Å²) in [6.07, 6.45) is 1.39. The van der Waals surface area contributed by atoms with E-state index in [1.807, 2.05) is 12.1 Å². The third-order valence-electron chi connectivity index (χ3n) is 3.56. The van der Waals surface area contributed by atoms with Gasteiger partial charge < -0.3 is 16.0 Å². The van der Waals surface area contributed by atoms with Crippen molar-refractivity contribution in [1.82, 2.24) is 10.3 Å². The predicted octanol–water partition coefficient (Wildman–Crippen LogP) is 1.93. The van der Waals surface area contributed by atoms with Crippen LogP contribution in [-0.4, -0.2) is 17.4 Å². The molecule has 1 aromatic heterocycles. The zero-order chi connectivity index (χ0) is 16.1. The number of nitrogens with one attached hydrogen (secondary N) is 2. The summed E-state index contributed by atoms with van der Waals surface area (Å²) in [6, 6.07) is 10.6. The maximum atomic E-state index is 11.9. The first-order valence-electron chi connectivity index (χ1n) is 7.29. The van der Waals surface area contributed by atoms with Gasteiger partial charge in [-0.05, 0) is 23.1 Å². The quantitative estimate of drug-likeness (QED) is 0.788. The van der Waals surface area contributed by atoms with Crippen molar-refractivity contribution in [2.24, 2.45) is 5.73 Å². The number of amides is 1. The molecular weight excluding hydrogens is 278 g/mol. The second kappa shape index (κ2) is 7.04. The van der Waals surface area contributed by atoms with Gasteiger partial charge in [0, 0.05) is 24.8 Å². The van der Waals surface area contributed by atoms with Crippen molar-refractivity contribution in [1.29, 1.82) is 0 Å². The van der Waals surface area contributed by atoms with E-state index in [1.54, 1.807) is 0 Å². The van der Waals surface area contributed by atoms with Gasteiger partial charge in [-0.15, -0.1) is 0 Å². The zero-order valence-electron chi connectivity index (χ0n) is 12.8. The molecule has 0 aliphatic heterocycles. The lowest BCUT2D eigenvalue weighted by Gasteiger charge is -2.14. The molecule has 0 aliphatic carbocycles. The molecule has 1 atom stereocenters. The molecular formula is C17H21N3O2. The zero-order valence-corrected chi connectivity index (χ0v) is 12.8. The lowest BCUT2D eigenvalue weighted by molar-refractivity contribution is 0.0951. The lowest BCUT2D eigenvalue weighted by Crippen LogP contribution is -2.32. The van der Waals surface area contributed by atoms with Crippen molar-refractivity contribution in [3.05, 3.63) is 69.6 Å². The van der Waals surface area contributed by atoms with Gasteiger partial charge >= 0.3 is 0 Å². The number of benzene rings is 1. The summed E-state index contributed by atoms with van der Waals surface area (Å²) in [5.41, 5.74) is 8.50. The molecule has 2 rings (SSSR count). The van der Waals surface area contributed by atoms with Gasteiger partial charge in [0.05, 0.1) is 5.56 Å². The summed E-state index contributed by atoms with van der Waals surface area (Å²) in [5, 5.41) is 2.77. The van der Waals surface area contributed by atoms with Crippen LogP contribution in [0.1, 0.15) is 47.3 Å². The van der Waals surface area contributed by atoms with E-state index in [2.05, 4.69) is 36.3 Å². The Morgan fingerprint density at radius 3 is 2.32 bits per heavy atom. The van der Waals surface area contributed by atoms with Crippen molar-refractivity contribution in [2.75, 3.05) is 6.54 Å². The fourth-order valence-electron chi connectivity index (χ4n) is 2.10. The van der Waals surface area contributed by atoms with E-state index in [0.29, 0.717) is 18.0 Å². The summed E-state index contributed by atoms with van der Waals surface area (Å²) in [4.78, 5) is 25.4. The van der Waals surface area contributed by atoms with E-state index in [0.717, 1.165) is 5.56 Å². The number of hydrogen-bond donors (Lipinski definition) is 3. The summed E-state index contributed by atoms with van der Waals surface area (Å²) in [6.45, 7) is 4.61. The summed E-state index contributed by atoms with van der Waals surface area (Å²) >= 11 is 0. The van der Waals surface area contributed by atoms with E-state index in [1.165, 1.54) is 23.9 Å². The van der Waals surface area contributed by atoms with Gasteiger partial charge in [0.25, 0.3) is 5.91 Å². The second-order valence-corrected chi connectivity index (χ2v) is 5.58. The highest BCUT2D eigenvalue weighted by Gasteiger charge is 2.10.